The normalized spacial score (nSPS) is 39.3. The average molecular weight is 191 g/mol. The number of nitrogens with zero attached hydrogens (tertiary/aromatic N) is 1. The number of ether oxygens (including phenoxy) is 1. The number of rotatable bonds is 3. The van der Waals surface area contributed by atoms with E-state index in [1.54, 1.807) is 6.92 Å². The summed E-state index contributed by atoms with van der Waals surface area (Å²) < 4.78 is 5.13. The van der Waals surface area contributed by atoms with Gasteiger partial charge in [-0.05, 0) is 6.92 Å². The Morgan fingerprint density at radius 3 is 2.62 bits per heavy atom. The van der Waals surface area contributed by atoms with Crippen LogP contribution in [-0.2, 0) is 4.74 Å². The van der Waals surface area contributed by atoms with Crippen LogP contribution in [-0.4, -0.2) is 46.6 Å². The predicted octanol–water partition coefficient (Wildman–Crippen LogP) is -0.980. The van der Waals surface area contributed by atoms with Crippen LogP contribution in [0.25, 0.3) is 0 Å². The summed E-state index contributed by atoms with van der Waals surface area (Å²) in [6.45, 7) is 1.03. The Kier molecular flexibility index (Phi) is 3.18. The van der Waals surface area contributed by atoms with Crippen LogP contribution in [0.4, 0.5) is 0 Å². The standard InChI is InChI=1S/C7H13NO5/c1-4-5(2-8(11)12)7(10)6(3-9)13-4/h4-7,9-10H,2-3H2,1H3/t4?,5?,6-,7-/m1/s1. The summed E-state index contributed by atoms with van der Waals surface area (Å²) in [4.78, 5) is 9.74. The van der Waals surface area contributed by atoms with Gasteiger partial charge >= 0.3 is 0 Å². The molecule has 6 heteroatoms. The Morgan fingerprint density at radius 2 is 2.23 bits per heavy atom. The second kappa shape index (κ2) is 3.99. The van der Waals surface area contributed by atoms with Crippen molar-refractivity contribution >= 4 is 0 Å². The smallest absolute Gasteiger partial charge is 0.211 e. The molecular formula is C7H13NO5. The van der Waals surface area contributed by atoms with Crippen molar-refractivity contribution in [1.82, 2.24) is 0 Å². The third-order valence-corrected chi connectivity index (χ3v) is 2.35. The largest absolute Gasteiger partial charge is 0.394 e. The van der Waals surface area contributed by atoms with Crippen molar-refractivity contribution in [3.05, 3.63) is 10.1 Å². The predicted molar refractivity (Wildman–Crippen MR) is 42.8 cm³/mol. The Bertz CT molecular complexity index is 197. The number of hydrogen-bond donors (Lipinski definition) is 2. The fourth-order valence-electron chi connectivity index (χ4n) is 1.59. The summed E-state index contributed by atoms with van der Waals surface area (Å²) in [5.74, 6) is -0.521. The fraction of sp³-hybridized carbons (Fsp3) is 1.00. The van der Waals surface area contributed by atoms with Crippen molar-refractivity contribution in [3.8, 4) is 0 Å². The highest BCUT2D eigenvalue weighted by molar-refractivity contribution is 4.87. The highest BCUT2D eigenvalue weighted by atomic mass is 16.6. The third-order valence-electron chi connectivity index (χ3n) is 2.35. The van der Waals surface area contributed by atoms with E-state index < -0.39 is 23.0 Å². The van der Waals surface area contributed by atoms with Gasteiger partial charge in [-0.15, -0.1) is 0 Å². The van der Waals surface area contributed by atoms with Gasteiger partial charge in [-0.25, -0.2) is 0 Å². The molecule has 1 rings (SSSR count). The van der Waals surface area contributed by atoms with Gasteiger partial charge in [-0.3, -0.25) is 10.1 Å². The Morgan fingerprint density at radius 1 is 1.62 bits per heavy atom. The zero-order chi connectivity index (χ0) is 10.0. The van der Waals surface area contributed by atoms with Gasteiger partial charge < -0.3 is 14.9 Å². The van der Waals surface area contributed by atoms with Crippen molar-refractivity contribution in [2.75, 3.05) is 13.2 Å². The van der Waals surface area contributed by atoms with E-state index in [4.69, 9.17) is 9.84 Å². The molecule has 0 saturated carbocycles. The van der Waals surface area contributed by atoms with E-state index in [9.17, 15) is 15.2 Å². The lowest BCUT2D eigenvalue weighted by molar-refractivity contribution is -0.490. The van der Waals surface area contributed by atoms with Crippen molar-refractivity contribution < 1.29 is 19.9 Å². The van der Waals surface area contributed by atoms with Crippen LogP contribution in [0, 0.1) is 16.0 Å². The van der Waals surface area contributed by atoms with Crippen molar-refractivity contribution in [1.29, 1.82) is 0 Å². The lowest BCUT2D eigenvalue weighted by Crippen LogP contribution is -2.33. The highest BCUT2D eigenvalue weighted by Crippen LogP contribution is 2.26. The van der Waals surface area contributed by atoms with E-state index >= 15 is 0 Å². The van der Waals surface area contributed by atoms with Gasteiger partial charge in [-0.2, -0.15) is 0 Å². The Balaban J connectivity index is 2.58. The van der Waals surface area contributed by atoms with Gasteiger partial charge in [0.2, 0.25) is 6.54 Å². The summed E-state index contributed by atoms with van der Waals surface area (Å²) in [5.41, 5.74) is 0. The molecule has 2 unspecified atom stereocenters. The lowest BCUT2D eigenvalue weighted by Gasteiger charge is -2.12. The van der Waals surface area contributed by atoms with E-state index in [1.807, 2.05) is 0 Å². The van der Waals surface area contributed by atoms with Gasteiger partial charge in [0.1, 0.15) is 6.10 Å². The molecule has 1 heterocycles. The Labute approximate surface area is 75.3 Å². The van der Waals surface area contributed by atoms with Crippen molar-refractivity contribution in [2.24, 2.45) is 5.92 Å². The van der Waals surface area contributed by atoms with E-state index in [0.717, 1.165) is 0 Å². The van der Waals surface area contributed by atoms with Crippen LogP contribution >= 0.6 is 0 Å². The van der Waals surface area contributed by atoms with E-state index in [2.05, 4.69) is 0 Å². The van der Waals surface area contributed by atoms with E-state index in [1.165, 1.54) is 0 Å². The monoisotopic (exact) mass is 191 g/mol. The first-order valence-corrected chi connectivity index (χ1v) is 4.12. The first-order valence-electron chi connectivity index (χ1n) is 4.12. The molecule has 0 spiro atoms. The molecule has 6 nitrogen and oxygen atoms in total. The van der Waals surface area contributed by atoms with Crippen LogP contribution in [0.2, 0.25) is 0 Å². The molecule has 0 bridgehead atoms. The maximum atomic E-state index is 10.2. The maximum Gasteiger partial charge on any atom is 0.211 e. The molecule has 2 N–H and O–H groups in total. The fourth-order valence-corrected chi connectivity index (χ4v) is 1.59. The first-order chi connectivity index (χ1) is 6.06. The quantitative estimate of drug-likeness (QED) is 0.441. The second-order valence-corrected chi connectivity index (χ2v) is 3.23. The molecule has 0 amide bonds. The van der Waals surface area contributed by atoms with Gasteiger partial charge in [-0.1, -0.05) is 0 Å². The second-order valence-electron chi connectivity index (χ2n) is 3.23. The molecule has 0 radical (unpaired) electrons. The van der Waals surface area contributed by atoms with Crippen molar-refractivity contribution in [3.63, 3.8) is 0 Å². The highest BCUT2D eigenvalue weighted by Gasteiger charge is 2.43. The molecule has 0 aromatic carbocycles. The van der Waals surface area contributed by atoms with Crippen LogP contribution in [0.5, 0.6) is 0 Å². The van der Waals surface area contributed by atoms with Crippen molar-refractivity contribution in [2.45, 2.75) is 25.2 Å². The topological polar surface area (TPSA) is 92.8 Å². The summed E-state index contributed by atoms with van der Waals surface area (Å²) in [6.07, 6.45) is -2.00. The van der Waals surface area contributed by atoms with E-state index in [-0.39, 0.29) is 19.3 Å². The van der Waals surface area contributed by atoms with Gasteiger partial charge in [0.15, 0.2) is 0 Å². The Hall–Kier alpha value is -0.720. The molecule has 13 heavy (non-hydrogen) atoms. The van der Waals surface area contributed by atoms with Crippen LogP contribution in [0.3, 0.4) is 0 Å². The molecule has 1 aliphatic heterocycles. The number of nitro groups is 1. The molecular weight excluding hydrogens is 178 g/mol. The molecule has 0 aromatic heterocycles. The lowest BCUT2D eigenvalue weighted by atomic mass is 9.97. The number of aliphatic hydroxyl groups is 2. The van der Waals surface area contributed by atoms with Crippen LogP contribution in [0.1, 0.15) is 6.92 Å². The zero-order valence-corrected chi connectivity index (χ0v) is 7.29. The summed E-state index contributed by atoms with van der Waals surface area (Å²) in [7, 11) is 0. The summed E-state index contributed by atoms with van der Waals surface area (Å²) in [5, 5.41) is 28.4. The number of aliphatic hydroxyl groups excluding tert-OH is 2. The summed E-state index contributed by atoms with van der Waals surface area (Å²) >= 11 is 0. The van der Waals surface area contributed by atoms with Gasteiger partial charge in [0, 0.05) is 4.92 Å². The van der Waals surface area contributed by atoms with Crippen LogP contribution < -0.4 is 0 Å². The van der Waals surface area contributed by atoms with E-state index in [0.29, 0.717) is 0 Å². The molecule has 76 valence electrons. The zero-order valence-electron chi connectivity index (χ0n) is 7.29. The minimum atomic E-state index is -0.939. The third kappa shape index (κ3) is 2.15. The average Bonchev–Trinajstić information content (AvgIpc) is 2.31. The van der Waals surface area contributed by atoms with Gasteiger partial charge in [0.05, 0.1) is 24.7 Å². The molecule has 4 atom stereocenters. The molecule has 0 aromatic rings. The minimum Gasteiger partial charge on any atom is -0.394 e. The van der Waals surface area contributed by atoms with Crippen LogP contribution in [0.15, 0.2) is 0 Å². The molecule has 0 aliphatic carbocycles. The van der Waals surface area contributed by atoms with Gasteiger partial charge in [0.25, 0.3) is 0 Å². The molecule has 1 aliphatic rings. The SMILES string of the molecule is CC1O[C@H](CO)[C@H](O)C1C[N+](=O)[O-]. The molecule has 1 saturated heterocycles. The minimum absolute atomic E-state index is 0.306. The first kappa shape index (κ1) is 10.4. The maximum absolute atomic E-state index is 10.2. The molecule has 1 fully saturated rings. The number of hydrogen-bond acceptors (Lipinski definition) is 5. The summed E-state index contributed by atoms with van der Waals surface area (Å²) in [6, 6.07) is 0.